The Hall–Kier alpha value is -0.0800. The Morgan fingerprint density at radius 1 is 1.16 bits per heavy atom. The van der Waals surface area contributed by atoms with Crippen LogP contribution < -0.4 is 5.32 Å². The van der Waals surface area contributed by atoms with E-state index in [1.54, 1.807) is 0 Å². The van der Waals surface area contributed by atoms with E-state index in [2.05, 4.69) is 45.0 Å². The van der Waals surface area contributed by atoms with Gasteiger partial charge in [-0.05, 0) is 43.7 Å². The zero-order chi connectivity index (χ0) is 14.3. The van der Waals surface area contributed by atoms with Crippen LogP contribution in [0, 0.1) is 17.3 Å². The van der Waals surface area contributed by atoms with Crippen LogP contribution in [0.1, 0.15) is 59.8 Å². The van der Waals surface area contributed by atoms with E-state index in [9.17, 15) is 0 Å². The van der Waals surface area contributed by atoms with E-state index in [1.165, 1.54) is 45.2 Å². The van der Waals surface area contributed by atoms with E-state index < -0.39 is 0 Å². The topological polar surface area (TPSA) is 15.3 Å². The molecule has 1 N–H and O–H groups in total. The lowest BCUT2D eigenvalue weighted by Gasteiger charge is -2.34. The summed E-state index contributed by atoms with van der Waals surface area (Å²) in [4.78, 5) is 2.56. The molecule has 1 saturated carbocycles. The minimum atomic E-state index is 0.373. The van der Waals surface area contributed by atoms with Gasteiger partial charge in [-0.15, -0.1) is 0 Å². The van der Waals surface area contributed by atoms with Gasteiger partial charge in [0.1, 0.15) is 0 Å². The zero-order valence-corrected chi connectivity index (χ0v) is 14.0. The molecule has 1 rings (SSSR count). The third-order valence-electron chi connectivity index (χ3n) is 4.15. The lowest BCUT2D eigenvalue weighted by Crippen LogP contribution is -2.41. The Morgan fingerprint density at radius 2 is 1.79 bits per heavy atom. The number of nitrogens with zero attached hydrogens (tertiary/aromatic N) is 1. The quantitative estimate of drug-likeness (QED) is 0.721. The van der Waals surface area contributed by atoms with E-state index in [0.29, 0.717) is 5.41 Å². The van der Waals surface area contributed by atoms with Crippen molar-refractivity contribution in [3.8, 4) is 0 Å². The molecule has 114 valence electrons. The highest BCUT2D eigenvalue weighted by atomic mass is 15.1. The lowest BCUT2D eigenvalue weighted by atomic mass is 9.87. The maximum absolute atomic E-state index is 3.61. The molecule has 1 fully saturated rings. The van der Waals surface area contributed by atoms with Gasteiger partial charge in [-0.1, -0.05) is 47.0 Å². The summed E-state index contributed by atoms with van der Waals surface area (Å²) in [5.74, 6) is 1.70. The van der Waals surface area contributed by atoms with Gasteiger partial charge in [0.2, 0.25) is 0 Å². The van der Waals surface area contributed by atoms with Crippen molar-refractivity contribution in [2.24, 2.45) is 17.3 Å². The maximum atomic E-state index is 3.61. The summed E-state index contributed by atoms with van der Waals surface area (Å²) in [5.41, 5.74) is 0.373. The minimum absolute atomic E-state index is 0.373. The van der Waals surface area contributed by atoms with Crippen LogP contribution in [0.25, 0.3) is 0 Å². The number of hydrogen-bond acceptors (Lipinski definition) is 2. The van der Waals surface area contributed by atoms with Crippen LogP contribution in [0.3, 0.4) is 0 Å². The lowest BCUT2D eigenvalue weighted by molar-refractivity contribution is 0.166. The Kier molecular flexibility index (Phi) is 7.38. The molecule has 2 nitrogen and oxygen atoms in total. The highest BCUT2D eigenvalue weighted by molar-refractivity contribution is 4.77. The van der Waals surface area contributed by atoms with E-state index in [-0.39, 0.29) is 0 Å². The Bertz CT molecular complexity index is 229. The molecule has 0 aromatic heterocycles. The molecule has 0 aliphatic heterocycles. The number of nitrogens with one attached hydrogen (secondary N) is 1. The minimum Gasteiger partial charge on any atom is -0.316 e. The number of hydrogen-bond donors (Lipinski definition) is 1. The Morgan fingerprint density at radius 3 is 2.37 bits per heavy atom. The molecule has 0 spiro atoms. The van der Waals surface area contributed by atoms with Crippen LogP contribution >= 0.6 is 0 Å². The molecule has 2 heteroatoms. The van der Waals surface area contributed by atoms with Gasteiger partial charge in [-0.25, -0.2) is 0 Å². The van der Waals surface area contributed by atoms with Gasteiger partial charge >= 0.3 is 0 Å². The van der Waals surface area contributed by atoms with Gasteiger partial charge in [-0.3, -0.25) is 0 Å². The van der Waals surface area contributed by atoms with Crippen molar-refractivity contribution >= 4 is 0 Å². The smallest absolute Gasteiger partial charge is 0.00419 e. The van der Waals surface area contributed by atoms with Crippen LogP contribution in [0.2, 0.25) is 0 Å². The van der Waals surface area contributed by atoms with Crippen LogP contribution in [-0.4, -0.2) is 38.1 Å². The van der Waals surface area contributed by atoms with Gasteiger partial charge < -0.3 is 10.2 Å². The fourth-order valence-corrected chi connectivity index (χ4v) is 3.36. The molecule has 0 bridgehead atoms. The van der Waals surface area contributed by atoms with E-state index >= 15 is 0 Å². The monoisotopic (exact) mass is 268 g/mol. The molecule has 19 heavy (non-hydrogen) atoms. The van der Waals surface area contributed by atoms with E-state index in [4.69, 9.17) is 0 Å². The second-order valence-corrected chi connectivity index (χ2v) is 7.89. The van der Waals surface area contributed by atoms with Crippen molar-refractivity contribution in [1.82, 2.24) is 10.2 Å². The fourth-order valence-electron chi connectivity index (χ4n) is 3.36. The van der Waals surface area contributed by atoms with Crippen molar-refractivity contribution in [3.63, 3.8) is 0 Å². The van der Waals surface area contributed by atoms with Crippen LogP contribution in [0.4, 0.5) is 0 Å². The molecular formula is C17H36N2. The van der Waals surface area contributed by atoms with Crippen molar-refractivity contribution in [1.29, 1.82) is 0 Å². The van der Waals surface area contributed by atoms with Gasteiger partial charge in [0.15, 0.2) is 0 Å². The Balaban J connectivity index is 2.22. The Labute approximate surface area is 121 Å². The number of rotatable bonds is 8. The average Bonchev–Trinajstić information content (AvgIpc) is 2.28. The molecule has 0 heterocycles. The van der Waals surface area contributed by atoms with Crippen LogP contribution in [-0.2, 0) is 0 Å². The zero-order valence-electron chi connectivity index (χ0n) is 14.0. The van der Waals surface area contributed by atoms with Crippen LogP contribution in [0.15, 0.2) is 0 Å². The standard InChI is InChI=1S/C17H36N2/c1-15(2)11-18-13-17(3,4)14-19(5)12-16-9-7-6-8-10-16/h15-16,18H,6-14H2,1-5H3. The maximum Gasteiger partial charge on any atom is 0.00419 e. The molecule has 1 aliphatic carbocycles. The van der Waals surface area contributed by atoms with E-state index in [1.807, 2.05) is 0 Å². The molecule has 0 aromatic rings. The van der Waals surface area contributed by atoms with Gasteiger partial charge in [-0.2, -0.15) is 0 Å². The fraction of sp³-hybridized carbons (Fsp3) is 1.00. The van der Waals surface area contributed by atoms with Crippen LogP contribution in [0.5, 0.6) is 0 Å². The first kappa shape index (κ1) is 17.0. The van der Waals surface area contributed by atoms with Crippen molar-refractivity contribution in [2.75, 3.05) is 33.2 Å². The van der Waals surface area contributed by atoms with Gasteiger partial charge in [0, 0.05) is 19.6 Å². The molecular weight excluding hydrogens is 232 g/mol. The molecule has 1 aliphatic rings. The molecule has 0 aromatic carbocycles. The van der Waals surface area contributed by atoms with Crippen molar-refractivity contribution < 1.29 is 0 Å². The summed E-state index contributed by atoms with van der Waals surface area (Å²) in [6.07, 6.45) is 7.28. The molecule has 0 radical (unpaired) electrons. The normalized spacial score (nSPS) is 18.5. The van der Waals surface area contributed by atoms with Gasteiger partial charge in [0.05, 0.1) is 0 Å². The first-order valence-electron chi connectivity index (χ1n) is 8.28. The van der Waals surface area contributed by atoms with Crippen molar-refractivity contribution in [3.05, 3.63) is 0 Å². The molecule has 0 amide bonds. The third-order valence-corrected chi connectivity index (χ3v) is 4.15. The summed E-state index contributed by atoms with van der Waals surface area (Å²) in [7, 11) is 2.30. The highest BCUT2D eigenvalue weighted by Crippen LogP contribution is 2.25. The van der Waals surface area contributed by atoms with Gasteiger partial charge in [0.25, 0.3) is 0 Å². The summed E-state index contributed by atoms with van der Waals surface area (Å²) in [6, 6.07) is 0. The second-order valence-electron chi connectivity index (χ2n) is 7.89. The van der Waals surface area contributed by atoms with E-state index in [0.717, 1.165) is 24.9 Å². The highest BCUT2D eigenvalue weighted by Gasteiger charge is 2.22. The largest absolute Gasteiger partial charge is 0.316 e. The summed E-state index contributed by atoms with van der Waals surface area (Å²) in [6.45, 7) is 14.1. The average molecular weight is 268 g/mol. The first-order chi connectivity index (χ1) is 8.89. The second kappa shape index (κ2) is 8.26. The summed E-state index contributed by atoms with van der Waals surface area (Å²) >= 11 is 0. The summed E-state index contributed by atoms with van der Waals surface area (Å²) < 4.78 is 0. The van der Waals surface area contributed by atoms with Crippen molar-refractivity contribution in [2.45, 2.75) is 59.8 Å². The predicted molar refractivity (Wildman–Crippen MR) is 85.6 cm³/mol. The predicted octanol–water partition coefficient (Wildman–Crippen LogP) is 3.77. The molecule has 0 saturated heterocycles. The third kappa shape index (κ3) is 7.94. The molecule has 0 atom stereocenters. The SMILES string of the molecule is CC(C)CNCC(C)(C)CN(C)CC1CCCCC1. The summed E-state index contributed by atoms with van der Waals surface area (Å²) in [5, 5.41) is 3.61. The first-order valence-corrected chi connectivity index (χ1v) is 8.28. The molecule has 0 unspecified atom stereocenters.